The molecule has 0 aliphatic heterocycles. The Hall–Kier alpha value is -1.75. The Morgan fingerprint density at radius 2 is 1.76 bits per heavy atom. The Morgan fingerprint density at radius 1 is 1.14 bits per heavy atom. The van der Waals surface area contributed by atoms with Crippen molar-refractivity contribution in [1.82, 2.24) is 0 Å². The molecule has 0 radical (unpaired) electrons. The number of carbonyl (C=O) groups is 2. The lowest BCUT2D eigenvalue weighted by Gasteiger charge is -2.19. The highest BCUT2D eigenvalue weighted by Crippen LogP contribution is 2.13. The third-order valence-electron chi connectivity index (χ3n) is 2.90. The number of benzene rings is 1. The first-order valence-corrected chi connectivity index (χ1v) is 7.08. The molecular formula is C15H19ClO5. The fraction of sp³-hybridized carbons (Fsp3) is 0.467. The van der Waals surface area contributed by atoms with Crippen LogP contribution in [0.2, 0.25) is 5.02 Å². The zero-order valence-corrected chi connectivity index (χ0v) is 13.1. The molecule has 0 spiro atoms. The van der Waals surface area contributed by atoms with Gasteiger partial charge in [-0.1, -0.05) is 18.5 Å². The Kier molecular flexibility index (Phi) is 7.02. The summed E-state index contributed by atoms with van der Waals surface area (Å²) in [5.41, 5.74) is 0.422. The van der Waals surface area contributed by atoms with Gasteiger partial charge in [-0.15, -0.1) is 0 Å². The van der Waals surface area contributed by atoms with E-state index in [0.717, 1.165) is 0 Å². The van der Waals surface area contributed by atoms with Gasteiger partial charge in [0, 0.05) is 10.9 Å². The normalized spacial score (nSPS) is 13.1. The van der Waals surface area contributed by atoms with Crippen molar-refractivity contribution >= 4 is 23.7 Å². The minimum absolute atomic E-state index is 0.141. The number of hydrogen-bond acceptors (Lipinski definition) is 5. The molecule has 1 rings (SSSR count). The highest BCUT2D eigenvalue weighted by atomic mass is 35.5. The van der Waals surface area contributed by atoms with Crippen molar-refractivity contribution < 1.29 is 23.8 Å². The number of ether oxygens (including phenoxy) is 3. The average molecular weight is 315 g/mol. The highest BCUT2D eigenvalue weighted by molar-refractivity contribution is 6.30. The van der Waals surface area contributed by atoms with Gasteiger partial charge in [-0.3, -0.25) is 0 Å². The zero-order chi connectivity index (χ0) is 15.8. The van der Waals surface area contributed by atoms with Gasteiger partial charge in [-0.25, -0.2) is 9.59 Å². The van der Waals surface area contributed by atoms with E-state index in [4.69, 9.17) is 21.1 Å². The fourth-order valence-electron chi connectivity index (χ4n) is 1.43. The number of rotatable bonds is 6. The van der Waals surface area contributed by atoms with Crippen LogP contribution in [0.3, 0.4) is 0 Å². The van der Waals surface area contributed by atoms with Crippen LogP contribution in [-0.2, 0) is 14.2 Å². The lowest BCUT2D eigenvalue weighted by molar-refractivity contribution is -0.00320. The maximum absolute atomic E-state index is 11.8. The summed E-state index contributed by atoms with van der Waals surface area (Å²) in [4.78, 5) is 23.0. The molecule has 2 atom stereocenters. The van der Waals surface area contributed by atoms with Gasteiger partial charge in [0.25, 0.3) is 0 Å². The van der Waals surface area contributed by atoms with E-state index in [9.17, 15) is 9.59 Å². The summed E-state index contributed by atoms with van der Waals surface area (Å²) in [6.07, 6.45) is -1.14. The van der Waals surface area contributed by atoms with Crippen LogP contribution >= 0.6 is 11.6 Å². The predicted molar refractivity (Wildman–Crippen MR) is 78.5 cm³/mol. The maximum atomic E-state index is 11.8. The third-order valence-corrected chi connectivity index (χ3v) is 3.15. The van der Waals surface area contributed by atoms with E-state index in [-0.39, 0.29) is 19.1 Å². The molecule has 6 heteroatoms. The van der Waals surface area contributed by atoms with Crippen LogP contribution in [0.5, 0.6) is 0 Å². The van der Waals surface area contributed by atoms with E-state index in [0.29, 0.717) is 10.6 Å². The van der Waals surface area contributed by atoms with Gasteiger partial charge < -0.3 is 14.2 Å². The smallest absolute Gasteiger partial charge is 0.462 e. The van der Waals surface area contributed by atoms with Crippen molar-refractivity contribution in [2.75, 3.05) is 13.2 Å². The number of carbonyl (C=O) groups excluding carboxylic acids is 2. The van der Waals surface area contributed by atoms with Gasteiger partial charge in [-0.2, -0.15) is 0 Å². The Morgan fingerprint density at radius 3 is 2.33 bits per heavy atom. The molecule has 2 unspecified atom stereocenters. The molecule has 0 heterocycles. The Balaban J connectivity index is 2.41. The second kappa shape index (κ2) is 8.52. The van der Waals surface area contributed by atoms with Crippen molar-refractivity contribution in [3.05, 3.63) is 34.9 Å². The monoisotopic (exact) mass is 314 g/mol. The largest absolute Gasteiger partial charge is 0.508 e. The van der Waals surface area contributed by atoms with Crippen LogP contribution in [0, 0.1) is 5.92 Å². The van der Waals surface area contributed by atoms with Gasteiger partial charge in [0.15, 0.2) is 0 Å². The van der Waals surface area contributed by atoms with Crippen molar-refractivity contribution in [2.24, 2.45) is 5.92 Å². The highest BCUT2D eigenvalue weighted by Gasteiger charge is 2.19. The first kappa shape index (κ1) is 17.3. The SMILES string of the molecule is CCOC(=O)OC(C)C(C)COC(=O)c1ccc(Cl)cc1. The van der Waals surface area contributed by atoms with E-state index in [2.05, 4.69) is 4.74 Å². The van der Waals surface area contributed by atoms with Crippen LogP contribution in [0.1, 0.15) is 31.1 Å². The molecule has 1 aromatic rings. The molecule has 0 saturated carbocycles. The van der Waals surface area contributed by atoms with Gasteiger partial charge in [0.1, 0.15) is 6.10 Å². The van der Waals surface area contributed by atoms with Gasteiger partial charge in [0.2, 0.25) is 0 Å². The molecule has 116 valence electrons. The number of halogens is 1. The number of esters is 1. The lowest BCUT2D eigenvalue weighted by Crippen LogP contribution is -2.27. The van der Waals surface area contributed by atoms with Crippen molar-refractivity contribution in [3.63, 3.8) is 0 Å². The van der Waals surface area contributed by atoms with Crippen molar-refractivity contribution in [1.29, 1.82) is 0 Å². The summed E-state index contributed by atoms with van der Waals surface area (Å²) in [6.45, 7) is 5.63. The van der Waals surface area contributed by atoms with E-state index in [1.54, 1.807) is 38.1 Å². The summed E-state index contributed by atoms with van der Waals surface area (Å²) >= 11 is 5.75. The summed E-state index contributed by atoms with van der Waals surface area (Å²) in [6, 6.07) is 6.42. The Bertz CT molecular complexity index is 471. The molecule has 0 aromatic heterocycles. The molecule has 0 amide bonds. The topological polar surface area (TPSA) is 61.8 Å². The van der Waals surface area contributed by atoms with E-state index in [1.807, 2.05) is 6.92 Å². The second-order valence-electron chi connectivity index (χ2n) is 4.59. The summed E-state index contributed by atoms with van der Waals surface area (Å²) in [5.74, 6) is -0.590. The molecular weight excluding hydrogens is 296 g/mol. The molecule has 0 aliphatic rings. The van der Waals surface area contributed by atoms with E-state index < -0.39 is 18.2 Å². The van der Waals surface area contributed by atoms with Crippen LogP contribution in [0.25, 0.3) is 0 Å². The van der Waals surface area contributed by atoms with Crippen LogP contribution in [0.15, 0.2) is 24.3 Å². The molecule has 0 fully saturated rings. The minimum atomic E-state index is -0.721. The molecule has 0 bridgehead atoms. The summed E-state index contributed by atoms with van der Waals surface area (Å²) in [7, 11) is 0. The van der Waals surface area contributed by atoms with E-state index >= 15 is 0 Å². The van der Waals surface area contributed by atoms with Gasteiger partial charge >= 0.3 is 12.1 Å². The summed E-state index contributed by atoms with van der Waals surface area (Å²) in [5, 5.41) is 0.552. The summed E-state index contributed by atoms with van der Waals surface area (Å²) < 4.78 is 14.9. The standard InChI is InChI=1S/C15H19ClO5/c1-4-19-15(18)21-11(3)10(2)9-20-14(17)12-5-7-13(16)8-6-12/h5-8,10-11H,4,9H2,1-3H3. The molecule has 0 N–H and O–H groups in total. The first-order valence-electron chi connectivity index (χ1n) is 6.70. The zero-order valence-electron chi connectivity index (χ0n) is 12.3. The van der Waals surface area contributed by atoms with E-state index in [1.165, 1.54) is 0 Å². The number of hydrogen-bond donors (Lipinski definition) is 0. The molecule has 0 aliphatic carbocycles. The minimum Gasteiger partial charge on any atom is -0.462 e. The van der Waals surface area contributed by atoms with Gasteiger partial charge in [-0.05, 0) is 38.1 Å². The van der Waals surface area contributed by atoms with Crippen LogP contribution < -0.4 is 0 Å². The quantitative estimate of drug-likeness (QED) is 0.749. The maximum Gasteiger partial charge on any atom is 0.508 e. The fourth-order valence-corrected chi connectivity index (χ4v) is 1.56. The molecule has 21 heavy (non-hydrogen) atoms. The Labute approximate surface area is 129 Å². The molecule has 0 saturated heterocycles. The van der Waals surface area contributed by atoms with Crippen LogP contribution in [-0.4, -0.2) is 31.4 Å². The van der Waals surface area contributed by atoms with Crippen molar-refractivity contribution in [3.8, 4) is 0 Å². The lowest BCUT2D eigenvalue weighted by atomic mass is 10.1. The first-order chi connectivity index (χ1) is 9.93. The third kappa shape index (κ3) is 6.04. The molecule has 1 aromatic carbocycles. The van der Waals surface area contributed by atoms with Gasteiger partial charge in [0.05, 0.1) is 18.8 Å². The molecule has 5 nitrogen and oxygen atoms in total. The van der Waals surface area contributed by atoms with Crippen LogP contribution in [0.4, 0.5) is 4.79 Å². The van der Waals surface area contributed by atoms with Crippen molar-refractivity contribution in [2.45, 2.75) is 26.9 Å². The second-order valence-corrected chi connectivity index (χ2v) is 5.03. The predicted octanol–water partition coefficient (Wildman–Crippen LogP) is 3.69. The average Bonchev–Trinajstić information content (AvgIpc) is 2.45.